The third kappa shape index (κ3) is 3.13. The molecule has 0 amide bonds. The maximum absolute atomic E-state index is 5.51. The molecule has 3 saturated heterocycles. The van der Waals surface area contributed by atoms with E-state index >= 15 is 0 Å². The Kier molecular flexibility index (Phi) is 4.74. The zero-order valence-corrected chi connectivity index (χ0v) is 12.3. The Morgan fingerprint density at radius 2 is 1.79 bits per heavy atom. The van der Waals surface area contributed by atoms with Crippen LogP contribution in [0.1, 0.15) is 45.4 Å². The fraction of sp³-hybridized carbons (Fsp3) is 1.00. The number of hydrogen-bond donors (Lipinski definition) is 1. The van der Waals surface area contributed by atoms with E-state index in [0.29, 0.717) is 0 Å². The molecule has 3 heterocycles. The van der Waals surface area contributed by atoms with E-state index in [1.807, 2.05) is 0 Å². The van der Waals surface area contributed by atoms with Crippen molar-refractivity contribution in [2.75, 3.05) is 32.8 Å². The number of nitrogens with one attached hydrogen (secondary N) is 1. The predicted molar refractivity (Wildman–Crippen MR) is 77.0 cm³/mol. The summed E-state index contributed by atoms with van der Waals surface area (Å²) in [6.07, 6.45) is 8.13. The Labute approximate surface area is 117 Å². The highest BCUT2D eigenvalue weighted by Gasteiger charge is 2.41. The van der Waals surface area contributed by atoms with Crippen molar-refractivity contribution in [3.8, 4) is 0 Å². The molecular formula is C15H29N3O. The molecule has 2 bridgehead atoms. The van der Waals surface area contributed by atoms with Crippen molar-refractivity contribution in [1.29, 1.82) is 0 Å². The van der Waals surface area contributed by atoms with Crippen molar-refractivity contribution >= 4 is 0 Å². The predicted octanol–water partition coefficient (Wildman–Crippen LogP) is 1.62. The number of rotatable bonds is 4. The molecule has 4 nitrogen and oxygen atoms in total. The van der Waals surface area contributed by atoms with Crippen LogP contribution in [0.4, 0.5) is 0 Å². The van der Waals surface area contributed by atoms with Crippen molar-refractivity contribution in [3.05, 3.63) is 0 Å². The van der Waals surface area contributed by atoms with Crippen molar-refractivity contribution in [3.63, 3.8) is 0 Å². The number of hydrazine groups is 1. The maximum Gasteiger partial charge on any atom is 0.0608 e. The zero-order valence-electron chi connectivity index (χ0n) is 12.3. The second kappa shape index (κ2) is 6.53. The highest BCUT2D eigenvalue weighted by atomic mass is 16.5. The Hall–Kier alpha value is -0.160. The fourth-order valence-electron chi connectivity index (χ4n) is 4.12. The monoisotopic (exact) mass is 267 g/mol. The number of ether oxygens (including phenoxy) is 1. The van der Waals surface area contributed by atoms with E-state index in [1.54, 1.807) is 0 Å². The highest BCUT2D eigenvalue weighted by molar-refractivity contribution is 4.94. The first-order valence-corrected chi connectivity index (χ1v) is 8.23. The SMILES string of the molecule is CCCNC1CC2CCCC(C1)N2N1CCOCC1. The average molecular weight is 267 g/mol. The molecule has 0 aromatic rings. The Morgan fingerprint density at radius 1 is 1.11 bits per heavy atom. The van der Waals surface area contributed by atoms with Crippen molar-refractivity contribution < 1.29 is 4.74 Å². The molecule has 0 saturated carbocycles. The topological polar surface area (TPSA) is 27.7 Å². The van der Waals surface area contributed by atoms with Gasteiger partial charge in [0.2, 0.25) is 0 Å². The first kappa shape index (κ1) is 13.8. The molecule has 19 heavy (non-hydrogen) atoms. The molecule has 4 heteroatoms. The summed E-state index contributed by atoms with van der Waals surface area (Å²) in [4.78, 5) is 0. The molecule has 3 rings (SSSR count). The molecule has 3 aliphatic heterocycles. The number of morpholine rings is 1. The van der Waals surface area contributed by atoms with Gasteiger partial charge < -0.3 is 10.1 Å². The van der Waals surface area contributed by atoms with Gasteiger partial charge >= 0.3 is 0 Å². The van der Waals surface area contributed by atoms with Crippen LogP contribution in [0.3, 0.4) is 0 Å². The van der Waals surface area contributed by atoms with E-state index in [4.69, 9.17) is 4.74 Å². The van der Waals surface area contributed by atoms with Gasteiger partial charge in [-0.3, -0.25) is 0 Å². The van der Waals surface area contributed by atoms with Gasteiger partial charge in [0.15, 0.2) is 0 Å². The van der Waals surface area contributed by atoms with E-state index < -0.39 is 0 Å². The molecule has 1 N–H and O–H groups in total. The van der Waals surface area contributed by atoms with Gasteiger partial charge in [-0.25, -0.2) is 10.0 Å². The Bertz CT molecular complexity index is 267. The summed E-state index contributed by atoms with van der Waals surface area (Å²) in [7, 11) is 0. The molecule has 0 aliphatic carbocycles. The molecule has 0 aromatic carbocycles. The summed E-state index contributed by atoms with van der Waals surface area (Å²) in [6.45, 7) is 7.46. The van der Waals surface area contributed by atoms with Crippen LogP contribution in [0.5, 0.6) is 0 Å². The molecule has 2 atom stereocenters. The first-order chi connectivity index (χ1) is 9.38. The van der Waals surface area contributed by atoms with Crippen LogP contribution in [0.15, 0.2) is 0 Å². The third-order valence-electron chi connectivity index (χ3n) is 4.93. The molecular weight excluding hydrogens is 238 g/mol. The third-order valence-corrected chi connectivity index (χ3v) is 4.93. The average Bonchev–Trinajstić information content (AvgIpc) is 2.45. The standard InChI is InChI=1S/C15H29N3O/c1-2-6-16-13-11-14-4-3-5-15(12-13)18(14)17-7-9-19-10-8-17/h13-16H,2-12H2,1H3. The first-order valence-electron chi connectivity index (χ1n) is 8.23. The van der Waals surface area contributed by atoms with Crippen molar-refractivity contribution in [2.24, 2.45) is 0 Å². The van der Waals surface area contributed by atoms with E-state index in [2.05, 4.69) is 22.3 Å². The molecule has 2 unspecified atom stereocenters. The summed E-state index contributed by atoms with van der Waals surface area (Å²) < 4.78 is 5.51. The van der Waals surface area contributed by atoms with Crippen LogP contribution in [-0.4, -0.2) is 61.0 Å². The summed E-state index contributed by atoms with van der Waals surface area (Å²) in [6, 6.07) is 2.31. The molecule has 110 valence electrons. The smallest absolute Gasteiger partial charge is 0.0608 e. The van der Waals surface area contributed by atoms with Gasteiger partial charge in [-0.2, -0.15) is 0 Å². The van der Waals surface area contributed by atoms with Crippen LogP contribution >= 0.6 is 0 Å². The van der Waals surface area contributed by atoms with Crippen LogP contribution in [0.25, 0.3) is 0 Å². The summed E-state index contributed by atoms with van der Waals surface area (Å²) >= 11 is 0. The minimum atomic E-state index is 0.757. The van der Waals surface area contributed by atoms with Crippen LogP contribution in [-0.2, 0) is 4.74 Å². The number of nitrogens with zero attached hydrogens (tertiary/aromatic N) is 2. The molecule has 0 aromatic heterocycles. The van der Waals surface area contributed by atoms with Gasteiger partial charge in [0.25, 0.3) is 0 Å². The van der Waals surface area contributed by atoms with Crippen LogP contribution in [0, 0.1) is 0 Å². The van der Waals surface area contributed by atoms with Gasteiger partial charge in [0.1, 0.15) is 0 Å². The highest BCUT2D eigenvalue weighted by Crippen LogP contribution is 2.35. The lowest BCUT2D eigenvalue weighted by molar-refractivity contribution is -0.168. The normalized spacial score (nSPS) is 37.4. The number of fused-ring (bicyclic) bond motifs is 2. The van der Waals surface area contributed by atoms with E-state index in [0.717, 1.165) is 44.4 Å². The molecule has 0 radical (unpaired) electrons. The van der Waals surface area contributed by atoms with E-state index in [9.17, 15) is 0 Å². The minimum absolute atomic E-state index is 0.757. The minimum Gasteiger partial charge on any atom is -0.379 e. The van der Waals surface area contributed by atoms with E-state index in [1.165, 1.54) is 45.1 Å². The van der Waals surface area contributed by atoms with Crippen molar-refractivity contribution in [1.82, 2.24) is 15.3 Å². The lowest BCUT2D eigenvalue weighted by atomic mass is 9.83. The fourth-order valence-corrected chi connectivity index (χ4v) is 4.12. The van der Waals surface area contributed by atoms with E-state index in [-0.39, 0.29) is 0 Å². The molecule has 3 fully saturated rings. The van der Waals surface area contributed by atoms with Gasteiger partial charge in [-0.1, -0.05) is 13.3 Å². The number of hydrogen-bond acceptors (Lipinski definition) is 4. The zero-order chi connectivity index (χ0) is 13.1. The largest absolute Gasteiger partial charge is 0.379 e. The summed E-state index contributed by atoms with van der Waals surface area (Å²) in [5.74, 6) is 0. The van der Waals surface area contributed by atoms with Gasteiger partial charge in [-0.05, 0) is 38.6 Å². The lowest BCUT2D eigenvalue weighted by Crippen LogP contribution is -2.64. The van der Waals surface area contributed by atoms with Gasteiger partial charge in [0, 0.05) is 31.2 Å². The van der Waals surface area contributed by atoms with Crippen LogP contribution < -0.4 is 5.32 Å². The maximum atomic E-state index is 5.51. The second-order valence-electron chi connectivity index (χ2n) is 6.31. The quantitative estimate of drug-likeness (QED) is 0.838. The molecule has 0 spiro atoms. The van der Waals surface area contributed by atoms with Gasteiger partial charge in [-0.15, -0.1) is 0 Å². The number of piperidine rings is 2. The van der Waals surface area contributed by atoms with Crippen molar-refractivity contribution in [2.45, 2.75) is 63.6 Å². The Morgan fingerprint density at radius 3 is 2.42 bits per heavy atom. The van der Waals surface area contributed by atoms with Gasteiger partial charge in [0.05, 0.1) is 13.2 Å². The van der Waals surface area contributed by atoms with Crippen LogP contribution in [0.2, 0.25) is 0 Å². The lowest BCUT2D eigenvalue weighted by Gasteiger charge is -2.54. The Balaban J connectivity index is 1.62. The summed E-state index contributed by atoms with van der Waals surface area (Å²) in [5.41, 5.74) is 0. The summed E-state index contributed by atoms with van der Waals surface area (Å²) in [5, 5.41) is 9.09. The molecule has 3 aliphatic rings. The second-order valence-corrected chi connectivity index (χ2v) is 6.31.